The molecule has 0 radical (unpaired) electrons. The molecule has 3 nitrogen and oxygen atoms in total. The lowest BCUT2D eigenvalue weighted by atomic mass is 10.1. The van der Waals surface area contributed by atoms with Crippen molar-refractivity contribution in [1.29, 1.82) is 0 Å². The molecule has 0 bridgehead atoms. The molecule has 1 heterocycles. The van der Waals surface area contributed by atoms with Crippen LogP contribution in [0.2, 0.25) is 5.02 Å². The summed E-state index contributed by atoms with van der Waals surface area (Å²) < 4.78 is 0. The molecule has 86 valence electrons. The van der Waals surface area contributed by atoms with E-state index in [9.17, 15) is 4.79 Å². The number of anilines is 1. The molecule has 0 spiro atoms. The Balaban J connectivity index is 2.40. The lowest BCUT2D eigenvalue weighted by molar-refractivity contribution is 0.100. The molecular weight excluding hydrogens is 224 g/mol. The minimum atomic E-state index is -0.414. The number of nitrogens with zero attached hydrogens (tertiary/aromatic N) is 1. The fraction of sp³-hybridized carbons (Fsp3) is 0.417. The second-order valence-electron chi connectivity index (χ2n) is 4.05. The van der Waals surface area contributed by atoms with Gasteiger partial charge in [0.15, 0.2) is 0 Å². The Morgan fingerprint density at radius 2 is 1.94 bits per heavy atom. The maximum absolute atomic E-state index is 11.4. The number of hydrogen-bond donors (Lipinski definition) is 1. The van der Waals surface area contributed by atoms with Crippen LogP contribution in [0.4, 0.5) is 5.69 Å². The van der Waals surface area contributed by atoms with Crippen LogP contribution in [0.5, 0.6) is 0 Å². The van der Waals surface area contributed by atoms with E-state index in [1.165, 1.54) is 6.42 Å². The second kappa shape index (κ2) is 4.74. The Hall–Kier alpha value is -1.22. The Bertz CT molecular complexity index is 400. The van der Waals surface area contributed by atoms with Crippen LogP contribution in [0.1, 0.15) is 29.6 Å². The predicted molar refractivity (Wildman–Crippen MR) is 66.0 cm³/mol. The number of benzene rings is 1. The van der Waals surface area contributed by atoms with Gasteiger partial charge >= 0.3 is 0 Å². The van der Waals surface area contributed by atoms with Gasteiger partial charge in [0.2, 0.25) is 0 Å². The minimum Gasteiger partial charge on any atom is -0.370 e. The third-order valence-corrected chi connectivity index (χ3v) is 3.23. The van der Waals surface area contributed by atoms with Gasteiger partial charge in [0, 0.05) is 13.1 Å². The number of carbonyl (C=O) groups excluding carboxylic acids is 1. The Morgan fingerprint density at radius 3 is 2.56 bits per heavy atom. The number of rotatable bonds is 2. The van der Waals surface area contributed by atoms with E-state index in [1.54, 1.807) is 18.2 Å². The molecule has 1 fully saturated rings. The molecular formula is C12H15ClN2O. The number of primary amides is 1. The molecule has 1 saturated heterocycles. The number of halogens is 1. The van der Waals surface area contributed by atoms with E-state index >= 15 is 0 Å². The highest BCUT2D eigenvalue weighted by Gasteiger charge is 2.19. The van der Waals surface area contributed by atoms with E-state index in [0.717, 1.165) is 31.6 Å². The van der Waals surface area contributed by atoms with Crippen LogP contribution in [0.3, 0.4) is 0 Å². The van der Waals surface area contributed by atoms with Gasteiger partial charge in [-0.05, 0) is 31.4 Å². The molecule has 2 N–H and O–H groups in total. The van der Waals surface area contributed by atoms with Crippen LogP contribution in [0.15, 0.2) is 18.2 Å². The van der Waals surface area contributed by atoms with E-state index in [-0.39, 0.29) is 0 Å². The number of para-hydroxylation sites is 1. The molecule has 0 unspecified atom stereocenters. The summed E-state index contributed by atoms with van der Waals surface area (Å²) in [6, 6.07) is 5.30. The first-order chi connectivity index (χ1) is 7.70. The second-order valence-corrected chi connectivity index (χ2v) is 4.46. The zero-order chi connectivity index (χ0) is 11.5. The van der Waals surface area contributed by atoms with Crippen LogP contribution in [-0.2, 0) is 0 Å². The normalized spacial score (nSPS) is 16.2. The van der Waals surface area contributed by atoms with Gasteiger partial charge in [-0.2, -0.15) is 0 Å². The van der Waals surface area contributed by atoms with Gasteiger partial charge in [0.1, 0.15) is 0 Å². The number of nitrogens with two attached hydrogens (primary N) is 1. The Labute approximate surface area is 100 Å². The third-order valence-electron chi connectivity index (χ3n) is 2.92. The summed E-state index contributed by atoms with van der Waals surface area (Å²) in [6.07, 6.45) is 3.53. The average molecular weight is 239 g/mol. The summed E-state index contributed by atoms with van der Waals surface area (Å²) in [6.45, 7) is 1.90. The summed E-state index contributed by atoms with van der Waals surface area (Å²) in [5.74, 6) is -0.414. The third kappa shape index (κ3) is 2.14. The SMILES string of the molecule is NC(=O)c1cccc(Cl)c1N1CCCCC1. The van der Waals surface area contributed by atoms with Crippen molar-refractivity contribution in [2.24, 2.45) is 5.73 Å². The lowest BCUT2D eigenvalue weighted by Crippen LogP contribution is -2.31. The maximum Gasteiger partial charge on any atom is 0.250 e. The summed E-state index contributed by atoms with van der Waals surface area (Å²) >= 11 is 6.16. The Kier molecular flexibility index (Phi) is 3.34. The summed E-state index contributed by atoms with van der Waals surface area (Å²) in [5, 5.41) is 0.609. The zero-order valence-corrected chi connectivity index (χ0v) is 9.83. The van der Waals surface area contributed by atoms with Crippen molar-refractivity contribution < 1.29 is 4.79 Å². The molecule has 1 aliphatic rings. The summed E-state index contributed by atoms with van der Waals surface area (Å²) in [5.41, 5.74) is 6.69. The number of amides is 1. The smallest absolute Gasteiger partial charge is 0.250 e. The van der Waals surface area contributed by atoms with Crippen molar-refractivity contribution in [3.8, 4) is 0 Å². The average Bonchev–Trinajstić information content (AvgIpc) is 2.29. The monoisotopic (exact) mass is 238 g/mol. The van der Waals surface area contributed by atoms with Gasteiger partial charge in [-0.1, -0.05) is 17.7 Å². The van der Waals surface area contributed by atoms with Crippen LogP contribution in [0, 0.1) is 0 Å². The quantitative estimate of drug-likeness (QED) is 0.860. The summed E-state index contributed by atoms with van der Waals surface area (Å²) in [4.78, 5) is 13.5. The van der Waals surface area contributed by atoms with E-state index in [0.29, 0.717) is 10.6 Å². The number of hydrogen-bond acceptors (Lipinski definition) is 2. The predicted octanol–water partition coefficient (Wildman–Crippen LogP) is 2.43. The van der Waals surface area contributed by atoms with E-state index < -0.39 is 5.91 Å². The molecule has 0 saturated carbocycles. The first kappa shape index (κ1) is 11.3. The molecule has 1 aliphatic heterocycles. The van der Waals surface area contributed by atoms with Crippen LogP contribution in [0.25, 0.3) is 0 Å². The number of piperidine rings is 1. The fourth-order valence-electron chi connectivity index (χ4n) is 2.15. The highest BCUT2D eigenvalue weighted by atomic mass is 35.5. The van der Waals surface area contributed by atoms with Crippen molar-refractivity contribution >= 4 is 23.2 Å². The van der Waals surface area contributed by atoms with Gasteiger partial charge < -0.3 is 10.6 Å². The zero-order valence-electron chi connectivity index (χ0n) is 9.08. The Morgan fingerprint density at radius 1 is 1.25 bits per heavy atom. The van der Waals surface area contributed by atoms with Crippen LogP contribution in [-0.4, -0.2) is 19.0 Å². The van der Waals surface area contributed by atoms with Crippen molar-refractivity contribution in [2.75, 3.05) is 18.0 Å². The van der Waals surface area contributed by atoms with E-state index in [4.69, 9.17) is 17.3 Å². The van der Waals surface area contributed by atoms with Crippen LogP contribution < -0.4 is 10.6 Å². The molecule has 1 aromatic carbocycles. The van der Waals surface area contributed by atoms with E-state index in [2.05, 4.69) is 4.90 Å². The van der Waals surface area contributed by atoms with Gasteiger partial charge in [0.05, 0.1) is 16.3 Å². The molecule has 4 heteroatoms. The molecule has 0 aromatic heterocycles. The highest BCUT2D eigenvalue weighted by molar-refractivity contribution is 6.34. The van der Waals surface area contributed by atoms with Gasteiger partial charge in [-0.3, -0.25) is 4.79 Å². The molecule has 16 heavy (non-hydrogen) atoms. The molecule has 1 aromatic rings. The van der Waals surface area contributed by atoms with Gasteiger partial charge in [-0.15, -0.1) is 0 Å². The molecule has 0 atom stereocenters. The maximum atomic E-state index is 11.4. The van der Waals surface area contributed by atoms with E-state index in [1.807, 2.05) is 0 Å². The first-order valence-corrected chi connectivity index (χ1v) is 5.91. The van der Waals surface area contributed by atoms with Crippen LogP contribution >= 0.6 is 11.6 Å². The number of carbonyl (C=O) groups is 1. The fourth-order valence-corrected chi connectivity index (χ4v) is 2.45. The summed E-state index contributed by atoms with van der Waals surface area (Å²) in [7, 11) is 0. The standard InChI is InChI=1S/C12H15ClN2O/c13-10-6-4-5-9(12(14)16)11(10)15-7-2-1-3-8-15/h4-6H,1-3,7-8H2,(H2,14,16). The van der Waals surface area contributed by atoms with Gasteiger partial charge in [-0.25, -0.2) is 0 Å². The first-order valence-electron chi connectivity index (χ1n) is 5.53. The molecule has 1 amide bonds. The lowest BCUT2D eigenvalue weighted by Gasteiger charge is -2.30. The topological polar surface area (TPSA) is 46.3 Å². The van der Waals surface area contributed by atoms with Gasteiger partial charge in [0.25, 0.3) is 5.91 Å². The molecule has 2 rings (SSSR count). The largest absolute Gasteiger partial charge is 0.370 e. The van der Waals surface area contributed by atoms with Crippen molar-refractivity contribution in [1.82, 2.24) is 0 Å². The van der Waals surface area contributed by atoms with Crippen molar-refractivity contribution in [2.45, 2.75) is 19.3 Å². The highest BCUT2D eigenvalue weighted by Crippen LogP contribution is 2.31. The molecule has 0 aliphatic carbocycles. The van der Waals surface area contributed by atoms with Crippen molar-refractivity contribution in [3.05, 3.63) is 28.8 Å². The minimum absolute atomic E-state index is 0.414. The van der Waals surface area contributed by atoms with Crippen molar-refractivity contribution in [3.63, 3.8) is 0 Å².